The molecule has 0 spiro atoms. The zero-order chi connectivity index (χ0) is 15.4. The second-order valence-electron chi connectivity index (χ2n) is 4.61. The van der Waals surface area contributed by atoms with Crippen LogP contribution in [-0.4, -0.2) is 28.9 Å². The van der Waals surface area contributed by atoms with Crippen molar-refractivity contribution in [1.29, 1.82) is 0 Å². The van der Waals surface area contributed by atoms with Crippen molar-refractivity contribution in [3.8, 4) is 11.5 Å². The topological polar surface area (TPSA) is 56.5 Å². The molecule has 1 N–H and O–H groups in total. The third-order valence-corrected chi connectivity index (χ3v) is 3.94. The molecule has 1 unspecified atom stereocenters. The molecule has 0 aliphatic rings. The summed E-state index contributed by atoms with van der Waals surface area (Å²) in [5, 5.41) is 10.6. The van der Waals surface area contributed by atoms with E-state index < -0.39 is 6.10 Å². The molecule has 6 heteroatoms. The van der Waals surface area contributed by atoms with Crippen molar-refractivity contribution in [3.05, 3.63) is 40.4 Å². The van der Waals surface area contributed by atoms with Gasteiger partial charge in [-0.3, -0.25) is 0 Å². The van der Waals surface area contributed by atoms with E-state index in [1.165, 1.54) is 0 Å². The molecule has 0 aliphatic carbocycles. The highest BCUT2D eigenvalue weighted by Crippen LogP contribution is 2.37. The van der Waals surface area contributed by atoms with Crippen LogP contribution in [0, 0.1) is 0 Å². The summed E-state index contributed by atoms with van der Waals surface area (Å²) in [5.41, 5.74) is 0.691. The number of aliphatic hydroxyl groups excluding tert-OH is 1. The number of aryl methyl sites for hydroxylation is 1. The molecule has 0 saturated carbocycles. The molecule has 2 aromatic rings. The van der Waals surface area contributed by atoms with Gasteiger partial charge in [0.1, 0.15) is 11.9 Å². The van der Waals surface area contributed by atoms with Gasteiger partial charge in [0.15, 0.2) is 11.5 Å². The number of hydrogen-bond acceptors (Lipinski definition) is 4. The van der Waals surface area contributed by atoms with Gasteiger partial charge in [0.25, 0.3) is 0 Å². The fourth-order valence-electron chi connectivity index (χ4n) is 2.22. The van der Waals surface area contributed by atoms with Gasteiger partial charge in [0.05, 0.1) is 14.2 Å². The molecule has 114 valence electrons. The number of aliphatic hydroxyl groups is 1. The lowest BCUT2D eigenvalue weighted by Gasteiger charge is -2.17. The Bertz CT molecular complexity index is 613. The van der Waals surface area contributed by atoms with Crippen molar-refractivity contribution in [1.82, 2.24) is 9.55 Å². The molecule has 0 aliphatic heterocycles. The molecular weight excluding hydrogens is 336 g/mol. The minimum atomic E-state index is -0.833. The molecule has 1 heterocycles. The summed E-state index contributed by atoms with van der Waals surface area (Å²) in [7, 11) is 3.15. The quantitative estimate of drug-likeness (QED) is 0.865. The highest BCUT2D eigenvalue weighted by Gasteiger charge is 2.21. The number of rotatable bonds is 6. The van der Waals surface area contributed by atoms with E-state index in [9.17, 15) is 5.11 Å². The predicted molar refractivity (Wildman–Crippen MR) is 83.8 cm³/mol. The monoisotopic (exact) mass is 354 g/mol. The summed E-state index contributed by atoms with van der Waals surface area (Å²) in [5.74, 6) is 1.80. The average molecular weight is 355 g/mol. The minimum absolute atomic E-state index is 0.573. The predicted octanol–water partition coefficient (Wildman–Crippen LogP) is 3.15. The summed E-state index contributed by atoms with van der Waals surface area (Å²) in [6.07, 6.45) is 3.71. The van der Waals surface area contributed by atoms with Gasteiger partial charge in [-0.25, -0.2) is 4.98 Å². The van der Waals surface area contributed by atoms with Gasteiger partial charge in [-0.2, -0.15) is 0 Å². The molecule has 0 radical (unpaired) electrons. The van der Waals surface area contributed by atoms with Crippen molar-refractivity contribution in [2.24, 2.45) is 0 Å². The molecular formula is C15H19BrN2O3. The Labute approximate surface area is 132 Å². The van der Waals surface area contributed by atoms with E-state index in [4.69, 9.17) is 9.47 Å². The highest BCUT2D eigenvalue weighted by molar-refractivity contribution is 9.10. The number of halogens is 1. The molecule has 1 atom stereocenters. The van der Waals surface area contributed by atoms with Crippen LogP contribution >= 0.6 is 15.9 Å². The Morgan fingerprint density at radius 2 is 1.95 bits per heavy atom. The normalized spacial score (nSPS) is 12.2. The van der Waals surface area contributed by atoms with E-state index >= 15 is 0 Å². The third kappa shape index (κ3) is 3.22. The van der Waals surface area contributed by atoms with Crippen LogP contribution in [0.2, 0.25) is 0 Å². The Morgan fingerprint density at radius 3 is 2.57 bits per heavy atom. The van der Waals surface area contributed by atoms with E-state index in [1.54, 1.807) is 32.5 Å². The maximum atomic E-state index is 10.6. The van der Waals surface area contributed by atoms with E-state index in [1.807, 2.05) is 10.8 Å². The van der Waals surface area contributed by atoms with Crippen molar-refractivity contribution in [3.63, 3.8) is 0 Å². The van der Waals surface area contributed by atoms with E-state index in [2.05, 4.69) is 27.8 Å². The number of hydrogen-bond donors (Lipinski definition) is 1. The fourth-order valence-corrected chi connectivity index (χ4v) is 2.76. The Kier molecular flexibility index (Phi) is 5.25. The molecule has 0 saturated heterocycles. The van der Waals surface area contributed by atoms with Gasteiger partial charge in [-0.15, -0.1) is 0 Å². The first-order chi connectivity index (χ1) is 10.1. The zero-order valence-electron chi connectivity index (χ0n) is 12.3. The fraction of sp³-hybridized carbons (Fsp3) is 0.400. The lowest BCUT2D eigenvalue weighted by Crippen LogP contribution is -2.10. The first kappa shape index (κ1) is 15.9. The van der Waals surface area contributed by atoms with Crippen LogP contribution in [-0.2, 0) is 6.54 Å². The largest absolute Gasteiger partial charge is 0.493 e. The summed E-state index contributed by atoms with van der Waals surface area (Å²) in [6, 6.07) is 3.54. The van der Waals surface area contributed by atoms with Crippen molar-refractivity contribution >= 4 is 15.9 Å². The number of nitrogens with zero attached hydrogens (tertiary/aromatic N) is 2. The molecule has 1 aromatic carbocycles. The van der Waals surface area contributed by atoms with Crippen LogP contribution in [0.25, 0.3) is 0 Å². The second kappa shape index (κ2) is 6.95. The smallest absolute Gasteiger partial charge is 0.161 e. The van der Waals surface area contributed by atoms with Gasteiger partial charge in [-0.1, -0.05) is 22.9 Å². The van der Waals surface area contributed by atoms with Crippen molar-refractivity contribution in [2.75, 3.05) is 14.2 Å². The van der Waals surface area contributed by atoms with Gasteiger partial charge in [0.2, 0.25) is 0 Å². The molecule has 0 bridgehead atoms. The number of methoxy groups -OCH3 is 2. The molecule has 0 amide bonds. The molecule has 2 rings (SSSR count). The van der Waals surface area contributed by atoms with Crippen LogP contribution in [0.4, 0.5) is 0 Å². The summed E-state index contributed by atoms with van der Waals surface area (Å²) in [4.78, 5) is 4.27. The highest BCUT2D eigenvalue weighted by atomic mass is 79.9. The number of imidazole rings is 1. The van der Waals surface area contributed by atoms with Gasteiger partial charge in [-0.05, 0) is 18.6 Å². The molecule has 1 aromatic heterocycles. The Hall–Kier alpha value is -1.53. The van der Waals surface area contributed by atoms with Crippen LogP contribution in [0.5, 0.6) is 11.5 Å². The maximum Gasteiger partial charge on any atom is 0.161 e. The van der Waals surface area contributed by atoms with E-state index in [0.717, 1.165) is 17.4 Å². The Balaban J connectivity index is 2.43. The van der Waals surface area contributed by atoms with Crippen LogP contribution in [0.3, 0.4) is 0 Å². The standard InChI is InChI=1S/C15H19BrN2O3/c1-4-6-18-7-5-17-15(18)14(19)10-8-12(20-2)13(21-3)9-11(10)16/h5,7-9,14,19H,4,6H2,1-3H3. The first-order valence-corrected chi connectivity index (χ1v) is 7.52. The zero-order valence-corrected chi connectivity index (χ0v) is 13.9. The molecule has 0 fully saturated rings. The second-order valence-corrected chi connectivity index (χ2v) is 5.46. The maximum absolute atomic E-state index is 10.6. The lowest BCUT2D eigenvalue weighted by atomic mass is 10.1. The van der Waals surface area contributed by atoms with Gasteiger partial charge < -0.3 is 19.1 Å². The van der Waals surface area contributed by atoms with Gasteiger partial charge in [0, 0.05) is 29.0 Å². The lowest BCUT2D eigenvalue weighted by molar-refractivity contribution is 0.202. The summed E-state index contributed by atoms with van der Waals surface area (Å²) < 4.78 is 13.2. The number of ether oxygens (including phenoxy) is 2. The number of aromatic nitrogens is 2. The Morgan fingerprint density at radius 1 is 1.29 bits per heavy atom. The summed E-state index contributed by atoms with van der Waals surface area (Å²) >= 11 is 3.47. The number of benzene rings is 1. The van der Waals surface area contributed by atoms with Crippen LogP contribution in [0.15, 0.2) is 29.0 Å². The van der Waals surface area contributed by atoms with Crippen LogP contribution in [0.1, 0.15) is 30.8 Å². The SMILES string of the molecule is CCCn1ccnc1C(O)c1cc(OC)c(OC)cc1Br. The van der Waals surface area contributed by atoms with Crippen LogP contribution < -0.4 is 9.47 Å². The summed E-state index contributed by atoms with van der Waals surface area (Å²) in [6.45, 7) is 2.90. The molecule has 5 nitrogen and oxygen atoms in total. The van der Waals surface area contributed by atoms with Crippen molar-refractivity contribution < 1.29 is 14.6 Å². The third-order valence-electron chi connectivity index (χ3n) is 3.25. The first-order valence-electron chi connectivity index (χ1n) is 6.72. The van der Waals surface area contributed by atoms with E-state index in [0.29, 0.717) is 22.9 Å². The minimum Gasteiger partial charge on any atom is -0.493 e. The van der Waals surface area contributed by atoms with Gasteiger partial charge >= 0.3 is 0 Å². The van der Waals surface area contributed by atoms with Crippen molar-refractivity contribution in [2.45, 2.75) is 26.0 Å². The molecule has 21 heavy (non-hydrogen) atoms. The van der Waals surface area contributed by atoms with E-state index in [-0.39, 0.29) is 0 Å². The average Bonchev–Trinajstić information content (AvgIpc) is 2.94.